The lowest BCUT2D eigenvalue weighted by Gasteiger charge is -2.04. The van der Waals surface area contributed by atoms with Gasteiger partial charge in [0.1, 0.15) is 0 Å². The van der Waals surface area contributed by atoms with Gasteiger partial charge < -0.3 is 9.30 Å². The van der Waals surface area contributed by atoms with Gasteiger partial charge in [-0.1, -0.05) is 41.2 Å². The number of aromatic nitrogens is 1. The monoisotopic (exact) mass is 394 g/mol. The molecule has 0 spiro atoms. The SMILES string of the molecule is C=CCn1c(=NC(=O)Cc2ccc(C)cc2C)sc2cc(C(=O)OC)ccc21. The minimum absolute atomic E-state index is 0.204. The third kappa shape index (κ3) is 4.12. The highest BCUT2D eigenvalue weighted by molar-refractivity contribution is 7.16. The van der Waals surface area contributed by atoms with E-state index in [1.54, 1.807) is 18.2 Å². The Kier molecular flexibility index (Phi) is 5.90. The molecule has 0 bridgehead atoms. The molecule has 1 amide bonds. The summed E-state index contributed by atoms with van der Waals surface area (Å²) in [6.45, 7) is 8.34. The van der Waals surface area contributed by atoms with Gasteiger partial charge in [-0.25, -0.2) is 4.79 Å². The van der Waals surface area contributed by atoms with Crippen LogP contribution in [0.5, 0.6) is 0 Å². The van der Waals surface area contributed by atoms with Crippen LogP contribution in [0.4, 0.5) is 0 Å². The summed E-state index contributed by atoms with van der Waals surface area (Å²) in [5.74, 6) is -0.598. The van der Waals surface area contributed by atoms with Crippen LogP contribution >= 0.6 is 11.3 Å². The Morgan fingerprint density at radius 1 is 1.21 bits per heavy atom. The van der Waals surface area contributed by atoms with Gasteiger partial charge in [-0.05, 0) is 43.2 Å². The van der Waals surface area contributed by atoms with E-state index in [9.17, 15) is 9.59 Å². The van der Waals surface area contributed by atoms with Crippen LogP contribution in [0.1, 0.15) is 27.0 Å². The highest BCUT2D eigenvalue weighted by Gasteiger charge is 2.12. The lowest BCUT2D eigenvalue weighted by Crippen LogP contribution is -2.17. The lowest BCUT2D eigenvalue weighted by atomic mass is 10.0. The van der Waals surface area contributed by atoms with E-state index in [1.165, 1.54) is 24.0 Å². The van der Waals surface area contributed by atoms with Crippen molar-refractivity contribution in [2.24, 2.45) is 4.99 Å². The van der Waals surface area contributed by atoms with E-state index >= 15 is 0 Å². The number of rotatable bonds is 5. The molecule has 0 atom stereocenters. The van der Waals surface area contributed by atoms with Crippen molar-refractivity contribution in [2.45, 2.75) is 26.8 Å². The topological polar surface area (TPSA) is 60.7 Å². The molecule has 0 fully saturated rings. The Hall–Kier alpha value is -2.99. The van der Waals surface area contributed by atoms with Gasteiger partial charge in [0.05, 0.1) is 29.3 Å². The Morgan fingerprint density at radius 2 is 2.00 bits per heavy atom. The van der Waals surface area contributed by atoms with Crippen LogP contribution in [0.3, 0.4) is 0 Å². The maximum Gasteiger partial charge on any atom is 0.337 e. The summed E-state index contributed by atoms with van der Waals surface area (Å²) in [5, 5.41) is 0. The first-order valence-corrected chi connectivity index (χ1v) is 9.71. The highest BCUT2D eigenvalue weighted by atomic mass is 32.1. The zero-order valence-electron chi connectivity index (χ0n) is 16.2. The maximum atomic E-state index is 12.6. The summed E-state index contributed by atoms with van der Waals surface area (Å²) < 4.78 is 7.57. The molecule has 1 heterocycles. The van der Waals surface area contributed by atoms with E-state index in [4.69, 9.17) is 4.74 Å². The number of amides is 1. The van der Waals surface area contributed by atoms with Crippen molar-refractivity contribution in [1.29, 1.82) is 0 Å². The fraction of sp³-hybridized carbons (Fsp3) is 0.227. The molecule has 0 saturated heterocycles. The molecule has 28 heavy (non-hydrogen) atoms. The van der Waals surface area contributed by atoms with Crippen molar-refractivity contribution in [2.75, 3.05) is 7.11 Å². The van der Waals surface area contributed by atoms with Crippen molar-refractivity contribution in [1.82, 2.24) is 4.57 Å². The summed E-state index contributed by atoms with van der Waals surface area (Å²) in [4.78, 5) is 29.3. The van der Waals surface area contributed by atoms with Crippen LogP contribution in [0.2, 0.25) is 0 Å². The quantitative estimate of drug-likeness (QED) is 0.486. The molecule has 0 radical (unpaired) electrons. The second-order valence-corrected chi connectivity index (χ2v) is 7.58. The van der Waals surface area contributed by atoms with E-state index in [1.807, 2.05) is 36.6 Å². The maximum absolute atomic E-state index is 12.6. The predicted octanol–water partition coefficient (Wildman–Crippen LogP) is 3.96. The molecule has 0 unspecified atom stereocenters. The molecule has 0 saturated carbocycles. The Bertz CT molecular complexity index is 1140. The van der Waals surface area contributed by atoms with Crippen molar-refractivity contribution < 1.29 is 14.3 Å². The molecule has 0 aliphatic carbocycles. The normalized spacial score (nSPS) is 11.6. The number of nitrogens with zero attached hydrogens (tertiary/aromatic N) is 2. The third-order valence-corrected chi connectivity index (χ3v) is 5.52. The fourth-order valence-corrected chi connectivity index (χ4v) is 4.16. The van der Waals surface area contributed by atoms with E-state index in [0.717, 1.165) is 21.3 Å². The van der Waals surface area contributed by atoms with Crippen LogP contribution in [0.25, 0.3) is 10.2 Å². The predicted molar refractivity (Wildman–Crippen MR) is 112 cm³/mol. The number of esters is 1. The zero-order chi connectivity index (χ0) is 20.3. The Morgan fingerprint density at radius 3 is 2.68 bits per heavy atom. The third-order valence-electron chi connectivity index (χ3n) is 4.48. The fourth-order valence-electron chi connectivity index (χ4n) is 3.06. The highest BCUT2D eigenvalue weighted by Crippen LogP contribution is 2.20. The second-order valence-electron chi connectivity index (χ2n) is 6.57. The molecule has 3 rings (SSSR count). The largest absolute Gasteiger partial charge is 0.465 e. The molecule has 2 aromatic carbocycles. The van der Waals surface area contributed by atoms with Gasteiger partial charge in [0.15, 0.2) is 4.80 Å². The van der Waals surface area contributed by atoms with E-state index in [0.29, 0.717) is 16.9 Å². The van der Waals surface area contributed by atoms with Gasteiger partial charge in [-0.3, -0.25) is 4.79 Å². The number of hydrogen-bond acceptors (Lipinski definition) is 4. The zero-order valence-corrected chi connectivity index (χ0v) is 17.0. The van der Waals surface area contributed by atoms with E-state index in [2.05, 4.69) is 17.6 Å². The van der Waals surface area contributed by atoms with Gasteiger partial charge in [0, 0.05) is 6.54 Å². The van der Waals surface area contributed by atoms with Crippen LogP contribution in [-0.2, 0) is 22.5 Å². The molecule has 144 valence electrons. The van der Waals surface area contributed by atoms with Crippen LogP contribution in [-0.4, -0.2) is 23.6 Å². The van der Waals surface area contributed by atoms with Crippen molar-refractivity contribution in [3.05, 3.63) is 76.1 Å². The number of aryl methyl sites for hydroxylation is 2. The standard InChI is InChI=1S/C22H22N2O3S/c1-5-10-24-18-9-8-17(21(26)27-4)12-19(18)28-22(24)23-20(25)13-16-7-6-14(2)11-15(16)3/h5-9,11-12H,1,10,13H2,2-4H3. The van der Waals surface area contributed by atoms with Crippen molar-refractivity contribution >= 4 is 33.4 Å². The summed E-state index contributed by atoms with van der Waals surface area (Å²) in [7, 11) is 1.35. The molecular weight excluding hydrogens is 372 g/mol. The number of methoxy groups -OCH3 is 1. The molecule has 0 aliphatic rings. The molecule has 5 nitrogen and oxygen atoms in total. The smallest absolute Gasteiger partial charge is 0.337 e. The summed E-state index contributed by atoms with van der Waals surface area (Å²) in [5.41, 5.74) is 4.59. The molecular formula is C22H22N2O3S. The van der Waals surface area contributed by atoms with E-state index in [-0.39, 0.29) is 12.3 Å². The van der Waals surface area contributed by atoms with Gasteiger partial charge in [-0.15, -0.1) is 6.58 Å². The van der Waals surface area contributed by atoms with Gasteiger partial charge >= 0.3 is 5.97 Å². The number of benzene rings is 2. The van der Waals surface area contributed by atoms with E-state index < -0.39 is 5.97 Å². The number of carbonyl (C=O) groups is 2. The number of carbonyl (C=O) groups excluding carboxylic acids is 2. The second kappa shape index (κ2) is 8.35. The van der Waals surface area contributed by atoms with Crippen LogP contribution < -0.4 is 4.80 Å². The van der Waals surface area contributed by atoms with Crippen molar-refractivity contribution in [3.8, 4) is 0 Å². The van der Waals surface area contributed by atoms with Crippen molar-refractivity contribution in [3.63, 3.8) is 0 Å². The molecule has 6 heteroatoms. The molecule has 0 aliphatic heterocycles. The van der Waals surface area contributed by atoms with Gasteiger partial charge in [-0.2, -0.15) is 4.99 Å². The number of allylic oxidation sites excluding steroid dienone is 1. The first kappa shape index (κ1) is 19.8. The average molecular weight is 394 g/mol. The minimum atomic E-state index is -0.394. The number of ether oxygens (including phenoxy) is 1. The lowest BCUT2D eigenvalue weighted by molar-refractivity contribution is -0.117. The summed E-state index contributed by atoms with van der Waals surface area (Å²) in [6, 6.07) is 11.4. The van der Waals surface area contributed by atoms with Gasteiger partial charge in [0.2, 0.25) is 0 Å². The summed E-state index contributed by atoms with van der Waals surface area (Å²) >= 11 is 1.37. The summed E-state index contributed by atoms with van der Waals surface area (Å²) in [6.07, 6.45) is 2.01. The first-order chi connectivity index (χ1) is 13.4. The minimum Gasteiger partial charge on any atom is -0.465 e. The van der Waals surface area contributed by atoms with Crippen LogP contribution in [0, 0.1) is 13.8 Å². The number of fused-ring (bicyclic) bond motifs is 1. The molecule has 1 aromatic heterocycles. The average Bonchev–Trinajstić information content (AvgIpc) is 3.00. The van der Waals surface area contributed by atoms with Gasteiger partial charge in [0.25, 0.3) is 5.91 Å². The molecule has 0 N–H and O–H groups in total. The van der Waals surface area contributed by atoms with Crippen LogP contribution in [0.15, 0.2) is 54.0 Å². The number of hydrogen-bond donors (Lipinski definition) is 0. The first-order valence-electron chi connectivity index (χ1n) is 8.89. The Labute approximate surface area is 167 Å². The number of thiazole rings is 1. The Balaban J connectivity index is 2.02. The molecule has 3 aromatic rings.